The topological polar surface area (TPSA) is 44.8 Å². The van der Waals surface area contributed by atoms with Crippen LogP contribution in [0.15, 0.2) is 18.2 Å². The number of ketones is 1. The molecule has 0 spiro atoms. The largest absolute Gasteiger partial charge is 0.496 e. The van der Waals surface area contributed by atoms with E-state index in [-0.39, 0.29) is 12.2 Å². The Morgan fingerprint density at radius 2 is 2.20 bits per heavy atom. The number of carbonyl (C=O) groups is 1. The minimum atomic E-state index is -0.489. The first-order valence-electron chi connectivity index (χ1n) is 4.66. The lowest BCUT2D eigenvalue weighted by Gasteiger charge is -2.24. The van der Waals surface area contributed by atoms with E-state index in [2.05, 4.69) is 0 Å². The van der Waals surface area contributed by atoms with Crippen LogP contribution < -0.4 is 9.47 Å². The summed E-state index contributed by atoms with van der Waals surface area (Å²) in [5, 5.41) is 0. The summed E-state index contributed by atoms with van der Waals surface area (Å²) in [6.07, 6.45) is -0.263. The van der Waals surface area contributed by atoms with Crippen molar-refractivity contribution in [3.05, 3.63) is 23.8 Å². The van der Waals surface area contributed by atoms with Crippen molar-refractivity contribution in [3.8, 4) is 11.5 Å². The SMILES string of the molecule is COc1cccc2c1C(=O)CC(OC)O2. The molecular formula is C11H12O4. The summed E-state index contributed by atoms with van der Waals surface area (Å²) in [6, 6.07) is 5.26. The molecule has 0 aromatic heterocycles. The summed E-state index contributed by atoms with van der Waals surface area (Å²) in [4.78, 5) is 11.8. The molecule has 1 aromatic carbocycles. The fourth-order valence-corrected chi connectivity index (χ4v) is 1.62. The lowest BCUT2D eigenvalue weighted by atomic mass is 10.0. The fraction of sp³-hybridized carbons (Fsp3) is 0.364. The van der Waals surface area contributed by atoms with Gasteiger partial charge in [0.1, 0.15) is 17.1 Å². The molecule has 1 atom stereocenters. The maximum Gasteiger partial charge on any atom is 0.206 e. The Morgan fingerprint density at radius 3 is 2.87 bits per heavy atom. The minimum Gasteiger partial charge on any atom is -0.496 e. The molecule has 0 fully saturated rings. The maximum absolute atomic E-state index is 11.8. The van der Waals surface area contributed by atoms with E-state index in [0.717, 1.165) is 0 Å². The lowest BCUT2D eigenvalue weighted by molar-refractivity contribution is -0.0577. The second-order valence-electron chi connectivity index (χ2n) is 3.24. The van der Waals surface area contributed by atoms with E-state index in [1.807, 2.05) is 0 Å². The molecule has 0 saturated heterocycles. The summed E-state index contributed by atoms with van der Waals surface area (Å²) < 4.78 is 15.6. The highest BCUT2D eigenvalue weighted by molar-refractivity contribution is 6.02. The molecule has 0 radical (unpaired) electrons. The van der Waals surface area contributed by atoms with Gasteiger partial charge in [0, 0.05) is 7.11 Å². The number of hydrogen-bond donors (Lipinski definition) is 0. The molecule has 4 nitrogen and oxygen atoms in total. The monoisotopic (exact) mass is 208 g/mol. The first-order valence-corrected chi connectivity index (χ1v) is 4.66. The van der Waals surface area contributed by atoms with E-state index in [9.17, 15) is 4.79 Å². The van der Waals surface area contributed by atoms with Crippen molar-refractivity contribution in [1.82, 2.24) is 0 Å². The van der Waals surface area contributed by atoms with Crippen molar-refractivity contribution < 1.29 is 19.0 Å². The second-order valence-corrected chi connectivity index (χ2v) is 3.24. The van der Waals surface area contributed by atoms with Crippen LogP contribution in [-0.2, 0) is 4.74 Å². The second kappa shape index (κ2) is 3.90. The number of methoxy groups -OCH3 is 2. The molecule has 2 rings (SSSR count). The molecule has 4 heteroatoms. The zero-order valence-corrected chi connectivity index (χ0v) is 8.65. The number of carbonyl (C=O) groups excluding carboxylic acids is 1. The average molecular weight is 208 g/mol. The Balaban J connectivity index is 2.44. The van der Waals surface area contributed by atoms with Crippen molar-refractivity contribution in [2.75, 3.05) is 14.2 Å². The molecule has 1 aromatic rings. The molecule has 1 aliphatic rings. The van der Waals surface area contributed by atoms with Gasteiger partial charge >= 0.3 is 0 Å². The number of ether oxygens (including phenoxy) is 3. The third kappa shape index (κ3) is 1.68. The van der Waals surface area contributed by atoms with Gasteiger partial charge in [0.15, 0.2) is 5.78 Å². The molecule has 80 valence electrons. The van der Waals surface area contributed by atoms with Gasteiger partial charge in [-0.15, -0.1) is 0 Å². The Bertz CT molecular complexity index is 386. The van der Waals surface area contributed by atoms with Crippen molar-refractivity contribution in [1.29, 1.82) is 0 Å². The van der Waals surface area contributed by atoms with Gasteiger partial charge in [0.25, 0.3) is 0 Å². The Morgan fingerprint density at radius 1 is 1.40 bits per heavy atom. The highest BCUT2D eigenvalue weighted by Crippen LogP contribution is 2.34. The van der Waals surface area contributed by atoms with Gasteiger partial charge in [0.2, 0.25) is 6.29 Å². The predicted octanol–water partition coefficient (Wildman–Crippen LogP) is 1.63. The van der Waals surface area contributed by atoms with E-state index >= 15 is 0 Å². The van der Waals surface area contributed by atoms with Crippen LogP contribution >= 0.6 is 0 Å². The van der Waals surface area contributed by atoms with Crippen LogP contribution in [0.4, 0.5) is 0 Å². The van der Waals surface area contributed by atoms with Gasteiger partial charge in [-0.2, -0.15) is 0 Å². The number of rotatable bonds is 2. The highest BCUT2D eigenvalue weighted by atomic mass is 16.7. The van der Waals surface area contributed by atoms with Gasteiger partial charge in [-0.25, -0.2) is 0 Å². The molecule has 1 aliphatic heterocycles. The molecule has 1 heterocycles. The Kier molecular flexibility index (Phi) is 2.60. The van der Waals surface area contributed by atoms with Crippen molar-refractivity contribution >= 4 is 5.78 Å². The molecule has 0 N–H and O–H groups in total. The van der Waals surface area contributed by atoms with Gasteiger partial charge in [-0.1, -0.05) is 6.07 Å². The van der Waals surface area contributed by atoms with E-state index < -0.39 is 6.29 Å². The summed E-state index contributed by atoms with van der Waals surface area (Å²) in [5.41, 5.74) is 0.508. The quantitative estimate of drug-likeness (QED) is 0.741. The average Bonchev–Trinajstić information content (AvgIpc) is 2.27. The minimum absolute atomic E-state index is 0.0134. The molecule has 0 saturated carbocycles. The summed E-state index contributed by atoms with van der Waals surface area (Å²) in [7, 11) is 3.05. The van der Waals surface area contributed by atoms with Crippen LogP contribution in [-0.4, -0.2) is 26.3 Å². The third-order valence-electron chi connectivity index (χ3n) is 2.36. The Labute approximate surface area is 87.8 Å². The molecular weight excluding hydrogens is 196 g/mol. The number of Topliss-reactive ketones (excluding diaryl/α,β-unsaturated/α-hetero) is 1. The number of hydrogen-bond acceptors (Lipinski definition) is 4. The first kappa shape index (κ1) is 9.98. The lowest BCUT2D eigenvalue weighted by Crippen LogP contribution is -2.28. The van der Waals surface area contributed by atoms with E-state index in [1.165, 1.54) is 14.2 Å². The highest BCUT2D eigenvalue weighted by Gasteiger charge is 2.28. The predicted molar refractivity (Wildman–Crippen MR) is 53.4 cm³/mol. The summed E-state index contributed by atoms with van der Waals surface area (Å²) in [6.45, 7) is 0. The van der Waals surface area contributed by atoms with Crippen molar-refractivity contribution in [2.45, 2.75) is 12.7 Å². The normalized spacial score (nSPS) is 19.3. The van der Waals surface area contributed by atoms with Gasteiger partial charge in [-0.05, 0) is 12.1 Å². The first-order chi connectivity index (χ1) is 7.26. The van der Waals surface area contributed by atoms with Gasteiger partial charge in [-0.3, -0.25) is 4.79 Å². The van der Waals surface area contributed by atoms with Crippen LogP contribution in [0.25, 0.3) is 0 Å². The van der Waals surface area contributed by atoms with Gasteiger partial charge < -0.3 is 14.2 Å². The zero-order chi connectivity index (χ0) is 10.8. The number of fused-ring (bicyclic) bond motifs is 1. The van der Waals surface area contributed by atoms with Crippen LogP contribution in [0.1, 0.15) is 16.8 Å². The molecule has 1 unspecified atom stereocenters. The van der Waals surface area contributed by atoms with Crippen LogP contribution in [0.2, 0.25) is 0 Å². The van der Waals surface area contributed by atoms with Gasteiger partial charge in [0.05, 0.1) is 13.5 Å². The van der Waals surface area contributed by atoms with Crippen LogP contribution in [0, 0.1) is 0 Å². The molecule has 15 heavy (non-hydrogen) atoms. The van der Waals surface area contributed by atoms with Crippen molar-refractivity contribution in [2.24, 2.45) is 0 Å². The van der Waals surface area contributed by atoms with E-state index in [1.54, 1.807) is 18.2 Å². The molecule has 0 aliphatic carbocycles. The zero-order valence-electron chi connectivity index (χ0n) is 8.65. The standard InChI is InChI=1S/C11H12O4/c1-13-8-4-3-5-9-11(8)7(12)6-10(14-2)15-9/h3-5,10H,6H2,1-2H3. The Hall–Kier alpha value is -1.55. The van der Waals surface area contributed by atoms with Crippen molar-refractivity contribution in [3.63, 3.8) is 0 Å². The summed E-state index contributed by atoms with van der Waals surface area (Å²) in [5.74, 6) is 1.06. The fourth-order valence-electron chi connectivity index (χ4n) is 1.62. The third-order valence-corrected chi connectivity index (χ3v) is 2.36. The van der Waals surface area contributed by atoms with Crippen LogP contribution in [0.3, 0.4) is 0 Å². The number of benzene rings is 1. The molecule has 0 amide bonds. The smallest absolute Gasteiger partial charge is 0.206 e. The van der Waals surface area contributed by atoms with Crippen LogP contribution in [0.5, 0.6) is 11.5 Å². The van der Waals surface area contributed by atoms with E-state index in [4.69, 9.17) is 14.2 Å². The molecule has 0 bridgehead atoms. The van der Waals surface area contributed by atoms with E-state index in [0.29, 0.717) is 17.1 Å². The maximum atomic E-state index is 11.8. The summed E-state index contributed by atoms with van der Waals surface area (Å²) >= 11 is 0.